The Morgan fingerprint density at radius 3 is 2.32 bits per heavy atom. The molecule has 0 bridgehead atoms. The number of carboxylic acids is 1. The number of carbonyl (C=O) groups is 1. The van der Waals surface area contributed by atoms with Crippen LogP contribution in [0, 0.1) is 0 Å². The molecule has 0 aromatic heterocycles. The maximum absolute atomic E-state index is 11.3. The number of hydrogen-bond donors (Lipinski definition) is 2. The smallest absolute Gasteiger partial charge is 0.336 e. The van der Waals surface area contributed by atoms with Gasteiger partial charge in [-0.05, 0) is 34.4 Å². The van der Waals surface area contributed by atoms with Crippen molar-refractivity contribution in [2.45, 2.75) is 6.10 Å². The van der Waals surface area contributed by atoms with Crippen LogP contribution in [0.3, 0.4) is 0 Å². The first-order chi connectivity index (χ1) is 9.18. The molecule has 19 heavy (non-hydrogen) atoms. The number of aliphatic hydroxyl groups excluding tert-OH is 1. The molecule has 3 heteroatoms. The van der Waals surface area contributed by atoms with Gasteiger partial charge in [-0.3, -0.25) is 0 Å². The molecule has 3 rings (SSSR count). The predicted molar refractivity (Wildman–Crippen MR) is 71.9 cm³/mol. The van der Waals surface area contributed by atoms with E-state index in [4.69, 9.17) is 0 Å². The van der Waals surface area contributed by atoms with Crippen molar-refractivity contribution in [3.63, 3.8) is 0 Å². The minimum Gasteiger partial charge on any atom is -0.478 e. The van der Waals surface area contributed by atoms with Crippen molar-refractivity contribution in [1.29, 1.82) is 0 Å². The van der Waals surface area contributed by atoms with Gasteiger partial charge < -0.3 is 10.2 Å². The average molecular weight is 252 g/mol. The summed E-state index contributed by atoms with van der Waals surface area (Å²) in [4.78, 5) is 11.3. The summed E-state index contributed by atoms with van der Waals surface area (Å²) >= 11 is 0. The van der Waals surface area contributed by atoms with E-state index in [1.54, 1.807) is 30.3 Å². The van der Waals surface area contributed by atoms with Gasteiger partial charge in [-0.2, -0.15) is 0 Å². The summed E-state index contributed by atoms with van der Waals surface area (Å²) < 4.78 is 0. The Kier molecular flexibility index (Phi) is 2.69. The van der Waals surface area contributed by atoms with Crippen molar-refractivity contribution in [2.24, 2.45) is 0 Å². The number of aromatic carboxylic acids is 1. The summed E-state index contributed by atoms with van der Waals surface area (Å²) in [6.45, 7) is 0. The Bertz CT molecular complexity index is 686. The maximum Gasteiger partial charge on any atom is 0.336 e. The summed E-state index contributed by atoms with van der Waals surface area (Å²) in [7, 11) is 0. The summed E-state index contributed by atoms with van der Waals surface area (Å²) in [6.07, 6.45) is 1.03. The lowest BCUT2D eigenvalue weighted by molar-refractivity contribution is 0.0696. The first-order valence-electron chi connectivity index (χ1n) is 6.00. The lowest BCUT2D eigenvalue weighted by Crippen LogP contribution is -2.01. The highest BCUT2D eigenvalue weighted by Gasteiger charge is 2.24. The lowest BCUT2D eigenvalue weighted by Gasteiger charge is -2.09. The van der Waals surface area contributed by atoms with Crippen LogP contribution in [0.2, 0.25) is 0 Å². The van der Waals surface area contributed by atoms with Crippen LogP contribution in [-0.2, 0) is 0 Å². The number of aliphatic hydroxyl groups is 1. The highest BCUT2D eigenvalue weighted by Crippen LogP contribution is 2.39. The summed E-state index contributed by atoms with van der Waals surface area (Å²) in [6, 6.07) is 14.3. The van der Waals surface area contributed by atoms with E-state index in [1.807, 2.05) is 24.3 Å². The van der Waals surface area contributed by atoms with E-state index < -0.39 is 12.1 Å². The molecule has 1 aliphatic rings. The highest BCUT2D eigenvalue weighted by atomic mass is 16.4. The third kappa shape index (κ3) is 1.84. The Morgan fingerprint density at radius 2 is 1.58 bits per heavy atom. The van der Waals surface area contributed by atoms with E-state index in [-0.39, 0.29) is 5.56 Å². The van der Waals surface area contributed by atoms with Crippen LogP contribution in [0.5, 0.6) is 0 Å². The van der Waals surface area contributed by atoms with E-state index in [1.165, 1.54) is 0 Å². The van der Waals surface area contributed by atoms with Gasteiger partial charge in [0.2, 0.25) is 0 Å². The molecule has 0 spiro atoms. The van der Waals surface area contributed by atoms with Gasteiger partial charge in [-0.25, -0.2) is 4.79 Å². The molecule has 0 fully saturated rings. The number of carboxylic acid groups (broad SMARTS) is 1. The van der Waals surface area contributed by atoms with Gasteiger partial charge in [0.1, 0.15) is 0 Å². The Morgan fingerprint density at radius 1 is 0.947 bits per heavy atom. The first kappa shape index (κ1) is 11.7. The molecule has 2 aromatic carbocycles. The van der Waals surface area contributed by atoms with Gasteiger partial charge in [-0.15, -0.1) is 0 Å². The number of fused-ring (bicyclic) bond motifs is 1. The number of rotatable bonds is 2. The van der Waals surface area contributed by atoms with Crippen molar-refractivity contribution in [1.82, 2.24) is 0 Å². The van der Waals surface area contributed by atoms with Gasteiger partial charge in [0, 0.05) is 0 Å². The molecule has 0 aliphatic heterocycles. The molecule has 3 nitrogen and oxygen atoms in total. The molecule has 0 saturated heterocycles. The molecule has 2 aromatic rings. The van der Waals surface area contributed by atoms with Crippen molar-refractivity contribution in [3.8, 4) is 0 Å². The van der Waals surface area contributed by atoms with Crippen LogP contribution in [0.25, 0.3) is 5.57 Å². The molecule has 0 amide bonds. The van der Waals surface area contributed by atoms with Crippen LogP contribution < -0.4 is 0 Å². The third-order valence-corrected chi connectivity index (χ3v) is 3.34. The average Bonchev–Trinajstić information content (AvgIpc) is 2.77. The minimum absolute atomic E-state index is 0.248. The van der Waals surface area contributed by atoms with Crippen LogP contribution in [0.15, 0.2) is 54.6 Å². The molecule has 2 N–H and O–H groups in total. The van der Waals surface area contributed by atoms with E-state index in [9.17, 15) is 15.0 Å². The third-order valence-electron chi connectivity index (χ3n) is 3.34. The zero-order valence-corrected chi connectivity index (χ0v) is 10.1. The molecule has 1 aliphatic carbocycles. The minimum atomic E-state index is -0.963. The summed E-state index contributed by atoms with van der Waals surface area (Å²) in [5.74, 6) is -0.963. The largest absolute Gasteiger partial charge is 0.478 e. The number of hydrogen-bond acceptors (Lipinski definition) is 2. The topological polar surface area (TPSA) is 57.5 Å². The predicted octanol–water partition coefficient (Wildman–Crippen LogP) is 2.86. The van der Waals surface area contributed by atoms with Crippen molar-refractivity contribution in [2.75, 3.05) is 0 Å². The second kappa shape index (κ2) is 4.37. The normalized spacial score (nSPS) is 16.9. The molecule has 1 unspecified atom stereocenters. The van der Waals surface area contributed by atoms with Gasteiger partial charge >= 0.3 is 5.97 Å². The first-order valence-corrected chi connectivity index (χ1v) is 6.00. The van der Waals surface area contributed by atoms with E-state index >= 15 is 0 Å². The van der Waals surface area contributed by atoms with Gasteiger partial charge in [0.05, 0.1) is 11.7 Å². The van der Waals surface area contributed by atoms with Crippen molar-refractivity contribution in [3.05, 3.63) is 76.9 Å². The Balaban J connectivity index is 2.20. The maximum atomic E-state index is 11.3. The van der Waals surface area contributed by atoms with Crippen LogP contribution in [0.4, 0.5) is 0 Å². The van der Waals surface area contributed by atoms with Crippen LogP contribution in [0.1, 0.15) is 33.2 Å². The molecule has 0 saturated carbocycles. The van der Waals surface area contributed by atoms with E-state index in [2.05, 4.69) is 0 Å². The monoisotopic (exact) mass is 252 g/mol. The number of benzene rings is 2. The Hall–Kier alpha value is -2.39. The fourth-order valence-electron chi connectivity index (χ4n) is 2.48. The van der Waals surface area contributed by atoms with E-state index in [0.717, 1.165) is 16.7 Å². The standard InChI is InChI=1S/C16H12O3/c17-15-9-14(10-5-1-3-7-12(10)15)11-6-2-4-8-13(11)16(18)19/h1-9,15,17H,(H,18,19). The van der Waals surface area contributed by atoms with Gasteiger partial charge in [-0.1, -0.05) is 42.5 Å². The molecular formula is C16H12O3. The SMILES string of the molecule is O=C(O)c1ccccc1C1=CC(O)c2ccccc21. The quantitative estimate of drug-likeness (QED) is 0.864. The molecule has 94 valence electrons. The zero-order chi connectivity index (χ0) is 13.4. The summed E-state index contributed by atoms with van der Waals surface area (Å²) in [5.41, 5.74) is 3.37. The van der Waals surface area contributed by atoms with Gasteiger partial charge in [0.15, 0.2) is 0 Å². The molecule has 1 atom stereocenters. The van der Waals surface area contributed by atoms with Crippen LogP contribution >= 0.6 is 0 Å². The van der Waals surface area contributed by atoms with E-state index in [0.29, 0.717) is 5.56 Å². The molecule has 0 radical (unpaired) electrons. The fraction of sp³-hybridized carbons (Fsp3) is 0.0625. The van der Waals surface area contributed by atoms with Gasteiger partial charge in [0.25, 0.3) is 0 Å². The van der Waals surface area contributed by atoms with Crippen molar-refractivity contribution >= 4 is 11.5 Å². The summed E-state index contributed by atoms with van der Waals surface area (Å²) in [5, 5.41) is 19.3. The lowest BCUT2D eigenvalue weighted by atomic mass is 9.95. The second-order valence-corrected chi connectivity index (χ2v) is 4.46. The molecule has 0 heterocycles. The van der Waals surface area contributed by atoms with Crippen LogP contribution in [-0.4, -0.2) is 16.2 Å². The zero-order valence-electron chi connectivity index (χ0n) is 10.1. The highest BCUT2D eigenvalue weighted by molar-refractivity contribution is 5.98. The Labute approximate surface area is 110 Å². The fourth-order valence-corrected chi connectivity index (χ4v) is 2.48. The molecular weight excluding hydrogens is 240 g/mol. The second-order valence-electron chi connectivity index (χ2n) is 4.46. The van der Waals surface area contributed by atoms with Crippen molar-refractivity contribution < 1.29 is 15.0 Å².